The van der Waals surface area contributed by atoms with E-state index in [2.05, 4.69) is 20.1 Å². The number of fused-ring (bicyclic) bond motifs is 2. The first-order valence-electron chi connectivity index (χ1n) is 11.6. The number of aromatic amines is 1. The van der Waals surface area contributed by atoms with Gasteiger partial charge in [-0.1, -0.05) is 6.07 Å². The molecule has 2 N–H and O–H groups in total. The van der Waals surface area contributed by atoms with Crippen LogP contribution < -0.4 is 5.32 Å². The van der Waals surface area contributed by atoms with Crippen LogP contribution in [0.2, 0.25) is 0 Å². The Bertz CT molecular complexity index is 964. The molecule has 5 rings (SSSR count). The third-order valence-corrected chi connectivity index (χ3v) is 7.45. The summed E-state index contributed by atoms with van der Waals surface area (Å²) in [4.78, 5) is 32.8. The molecule has 0 bridgehead atoms. The molecule has 2 aliphatic heterocycles. The van der Waals surface area contributed by atoms with Gasteiger partial charge in [0.1, 0.15) is 11.5 Å². The van der Waals surface area contributed by atoms with Crippen molar-refractivity contribution in [1.82, 2.24) is 20.1 Å². The number of rotatable bonds is 3. The second-order valence-electron chi connectivity index (χ2n) is 9.45. The van der Waals surface area contributed by atoms with Crippen molar-refractivity contribution in [3.8, 4) is 0 Å². The van der Waals surface area contributed by atoms with Gasteiger partial charge < -0.3 is 15.2 Å². The summed E-state index contributed by atoms with van der Waals surface area (Å²) in [6, 6.07) is 5.71. The Hall–Kier alpha value is -2.41. The summed E-state index contributed by atoms with van der Waals surface area (Å²) >= 11 is 0. The van der Waals surface area contributed by atoms with E-state index in [1.54, 1.807) is 12.1 Å². The van der Waals surface area contributed by atoms with Crippen molar-refractivity contribution in [3.63, 3.8) is 0 Å². The van der Waals surface area contributed by atoms with Crippen LogP contribution in [0.15, 0.2) is 18.2 Å². The summed E-state index contributed by atoms with van der Waals surface area (Å²) in [7, 11) is 0. The van der Waals surface area contributed by atoms with Crippen molar-refractivity contribution in [3.05, 3.63) is 35.3 Å². The Morgan fingerprint density at radius 3 is 2.84 bits per heavy atom. The molecule has 0 radical (unpaired) electrons. The van der Waals surface area contributed by atoms with E-state index in [-0.39, 0.29) is 17.8 Å². The molecule has 6 nitrogen and oxygen atoms in total. The van der Waals surface area contributed by atoms with Crippen molar-refractivity contribution >= 4 is 22.7 Å². The van der Waals surface area contributed by atoms with Crippen molar-refractivity contribution in [2.75, 3.05) is 19.6 Å². The van der Waals surface area contributed by atoms with Gasteiger partial charge in [0.25, 0.3) is 5.91 Å². The number of benzene rings is 1. The second-order valence-corrected chi connectivity index (χ2v) is 9.45. The molecule has 166 valence electrons. The molecule has 3 aliphatic rings. The number of carbonyl (C=O) groups excluding carboxylic acids is 2. The Balaban J connectivity index is 1.23. The molecule has 3 fully saturated rings. The Kier molecular flexibility index (Phi) is 5.46. The van der Waals surface area contributed by atoms with E-state index in [1.165, 1.54) is 6.07 Å². The number of hydrogen-bond acceptors (Lipinski definition) is 3. The van der Waals surface area contributed by atoms with Gasteiger partial charge in [0.15, 0.2) is 0 Å². The zero-order valence-corrected chi connectivity index (χ0v) is 18.1. The van der Waals surface area contributed by atoms with Gasteiger partial charge in [0, 0.05) is 49.6 Å². The van der Waals surface area contributed by atoms with Gasteiger partial charge >= 0.3 is 0 Å². The molecule has 1 aromatic heterocycles. The first-order valence-corrected chi connectivity index (χ1v) is 11.6. The largest absolute Gasteiger partial charge is 0.350 e. The zero-order valence-electron chi connectivity index (χ0n) is 18.1. The van der Waals surface area contributed by atoms with Crippen LogP contribution in [-0.4, -0.2) is 64.4 Å². The maximum atomic E-state index is 14.1. The maximum absolute atomic E-state index is 14.1. The topological polar surface area (TPSA) is 68.4 Å². The summed E-state index contributed by atoms with van der Waals surface area (Å²) in [5, 5.41) is 3.65. The monoisotopic (exact) mass is 426 g/mol. The van der Waals surface area contributed by atoms with Gasteiger partial charge in [-0.05, 0) is 63.1 Å². The van der Waals surface area contributed by atoms with E-state index in [9.17, 15) is 14.0 Å². The van der Waals surface area contributed by atoms with Gasteiger partial charge in [-0.3, -0.25) is 14.5 Å². The number of hydrogen-bond donors (Lipinski definition) is 2. The molecular formula is C24H31FN4O2. The lowest BCUT2D eigenvalue weighted by Crippen LogP contribution is -2.60. The smallest absolute Gasteiger partial charge is 0.267 e. The lowest BCUT2D eigenvalue weighted by Gasteiger charge is -2.48. The minimum Gasteiger partial charge on any atom is -0.350 e. The Morgan fingerprint density at radius 1 is 1.16 bits per heavy atom. The fourth-order valence-electron chi connectivity index (χ4n) is 5.76. The number of piperazine rings is 1. The van der Waals surface area contributed by atoms with Crippen LogP contribution in [0.3, 0.4) is 0 Å². The third-order valence-electron chi connectivity index (χ3n) is 7.45. The van der Waals surface area contributed by atoms with E-state index in [4.69, 9.17) is 0 Å². The van der Waals surface area contributed by atoms with Gasteiger partial charge in [-0.25, -0.2) is 4.39 Å². The summed E-state index contributed by atoms with van der Waals surface area (Å²) < 4.78 is 14.1. The quantitative estimate of drug-likeness (QED) is 0.791. The van der Waals surface area contributed by atoms with Crippen molar-refractivity contribution in [1.29, 1.82) is 0 Å². The van der Waals surface area contributed by atoms with Crippen LogP contribution >= 0.6 is 0 Å². The number of nitrogens with zero attached hydrogens (tertiary/aromatic N) is 2. The number of carbonyl (C=O) groups is 2. The molecule has 0 spiro atoms. The minimum atomic E-state index is -0.311. The molecule has 3 heterocycles. The fraction of sp³-hybridized carbons (Fsp3) is 0.583. The van der Waals surface area contributed by atoms with E-state index in [1.807, 2.05) is 6.92 Å². The maximum Gasteiger partial charge on any atom is 0.267 e. The molecule has 2 saturated heterocycles. The first kappa shape index (κ1) is 20.5. The summed E-state index contributed by atoms with van der Waals surface area (Å²) in [5.41, 5.74) is 2.03. The molecule has 2 amide bonds. The highest BCUT2D eigenvalue weighted by Gasteiger charge is 2.37. The predicted octanol–water partition coefficient (Wildman–Crippen LogP) is 3.35. The lowest BCUT2D eigenvalue weighted by atomic mass is 9.88. The third kappa shape index (κ3) is 3.95. The standard InChI is InChI=1S/C24H31FN4O2/c1-15-8-9-20(25)19-13-21(27-23(15)19)24(31)26-16-4-2-5-17(12-16)28-10-11-29-18(14-28)6-3-7-22(29)30/h8-9,13,16-18,27H,2-7,10-12,14H2,1H3,(H,26,31)/t16-,17+,18+/m1/s1. The molecular weight excluding hydrogens is 395 g/mol. The summed E-state index contributed by atoms with van der Waals surface area (Å²) in [5.74, 6) is -0.160. The number of H-pyrrole nitrogens is 1. The summed E-state index contributed by atoms with van der Waals surface area (Å²) in [6.45, 7) is 4.62. The molecule has 1 saturated carbocycles. The number of halogens is 1. The molecule has 1 aliphatic carbocycles. The minimum absolute atomic E-state index is 0.120. The first-order chi connectivity index (χ1) is 15.0. The van der Waals surface area contributed by atoms with E-state index in [0.29, 0.717) is 41.0 Å². The van der Waals surface area contributed by atoms with Gasteiger partial charge in [-0.15, -0.1) is 0 Å². The van der Waals surface area contributed by atoms with Crippen molar-refractivity contribution in [2.24, 2.45) is 0 Å². The lowest BCUT2D eigenvalue weighted by molar-refractivity contribution is -0.140. The van der Waals surface area contributed by atoms with Gasteiger partial charge in [0.2, 0.25) is 5.91 Å². The molecule has 1 aromatic carbocycles. The van der Waals surface area contributed by atoms with E-state index < -0.39 is 0 Å². The van der Waals surface area contributed by atoms with Crippen molar-refractivity contribution in [2.45, 2.75) is 70.0 Å². The average Bonchev–Trinajstić information content (AvgIpc) is 3.24. The molecule has 31 heavy (non-hydrogen) atoms. The predicted molar refractivity (Wildman–Crippen MR) is 117 cm³/mol. The normalized spacial score (nSPS) is 27.4. The number of piperidine rings is 1. The Labute approximate surface area is 182 Å². The highest BCUT2D eigenvalue weighted by Crippen LogP contribution is 2.29. The number of aromatic nitrogens is 1. The zero-order chi connectivity index (χ0) is 21.5. The number of nitrogens with one attached hydrogen (secondary N) is 2. The average molecular weight is 427 g/mol. The molecule has 3 atom stereocenters. The van der Waals surface area contributed by atoms with Gasteiger partial charge in [0.05, 0.1) is 5.52 Å². The Morgan fingerprint density at radius 2 is 2.00 bits per heavy atom. The molecule has 2 aromatic rings. The molecule has 7 heteroatoms. The van der Waals surface area contributed by atoms with Gasteiger partial charge in [-0.2, -0.15) is 0 Å². The number of amides is 2. The number of aryl methyl sites for hydroxylation is 1. The van der Waals surface area contributed by atoms with Crippen LogP contribution in [-0.2, 0) is 4.79 Å². The van der Waals surface area contributed by atoms with E-state index in [0.717, 1.165) is 63.7 Å². The molecule has 0 unspecified atom stereocenters. The highest BCUT2D eigenvalue weighted by molar-refractivity contribution is 5.99. The fourth-order valence-corrected chi connectivity index (χ4v) is 5.76. The second kappa shape index (κ2) is 8.26. The SMILES string of the molecule is Cc1ccc(F)c2cc(C(=O)N[C@@H]3CCC[C@H](N4CCN5C(=O)CCC[C@H]5C4)C3)[nH]c12. The van der Waals surface area contributed by atoms with Crippen LogP contribution in [0.5, 0.6) is 0 Å². The van der Waals surface area contributed by atoms with Crippen molar-refractivity contribution < 1.29 is 14.0 Å². The van der Waals surface area contributed by atoms with E-state index >= 15 is 0 Å². The van der Waals surface area contributed by atoms with Crippen LogP contribution in [0.4, 0.5) is 4.39 Å². The summed E-state index contributed by atoms with van der Waals surface area (Å²) in [6.07, 6.45) is 6.93. The van der Waals surface area contributed by atoms with Crippen LogP contribution in [0, 0.1) is 12.7 Å². The van der Waals surface area contributed by atoms with Crippen LogP contribution in [0.1, 0.15) is 61.0 Å². The van der Waals surface area contributed by atoms with Crippen LogP contribution in [0.25, 0.3) is 10.9 Å². The highest BCUT2D eigenvalue weighted by atomic mass is 19.1.